The zero-order valence-corrected chi connectivity index (χ0v) is 12.9. The second-order valence-electron chi connectivity index (χ2n) is 5.69. The molecule has 3 unspecified atom stereocenters. The number of halogens is 5. The minimum atomic E-state index is -4.18. The Labute approximate surface area is 129 Å². The van der Waals surface area contributed by atoms with Crippen LogP contribution in [-0.2, 0) is 6.42 Å². The van der Waals surface area contributed by atoms with Gasteiger partial charge in [0.1, 0.15) is 5.82 Å². The first kappa shape index (κ1) is 16.7. The summed E-state index contributed by atoms with van der Waals surface area (Å²) < 4.78 is 51.8. The van der Waals surface area contributed by atoms with Crippen LogP contribution in [0.15, 0.2) is 22.7 Å². The minimum absolute atomic E-state index is 0.0208. The molecule has 118 valence electrons. The van der Waals surface area contributed by atoms with Gasteiger partial charge in [0.2, 0.25) is 0 Å². The molecule has 0 aliphatic heterocycles. The van der Waals surface area contributed by atoms with Gasteiger partial charge in [-0.05, 0) is 65.2 Å². The monoisotopic (exact) mass is 368 g/mol. The first-order valence-electron chi connectivity index (χ1n) is 6.96. The molecule has 0 saturated heterocycles. The summed E-state index contributed by atoms with van der Waals surface area (Å²) >= 11 is 3.06. The molecule has 1 saturated carbocycles. The van der Waals surface area contributed by atoms with Gasteiger partial charge in [-0.15, -0.1) is 0 Å². The van der Waals surface area contributed by atoms with Crippen LogP contribution in [0.5, 0.6) is 0 Å². The van der Waals surface area contributed by atoms with Gasteiger partial charge in [-0.1, -0.05) is 12.5 Å². The lowest BCUT2D eigenvalue weighted by atomic mass is 9.77. The number of alkyl halides is 3. The zero-order chi connectivity index (χ0) is 15.6. The third-order valence-electron chi connectivity index (χ3n) is 4.15. The van der Waals surface area contributed by atoms with Gasteiger partial charge in [-0.25, -0.2) is 4.39 Å². The molecule has 2 rings (SSSR count). The van der Waals surface area contributed by atoms with Gasteiger partial charge in [0.15, 0.2) is 0 Å². The molecule has 0 spiro atoms. The molecule has 1 aromatic rings. The van der Waals surface area contributed by atoms with Gasteiger partial charge >= 0.3 is 6.18 Å². The van der Waals surface area contributed by atoms with Crippen LogP contribution in [0.2, 0.25) is 0 Å². The Morgan fingerprint density at radius 3 is 2.62 bits per heavy atom. The molecule has 1 nitrogen and oxygen atoms in total. The molecule has 1 aromatic carbocycles. The van der Waals surface area contributed by atoms with Gasteiger partial charge < -0.3 is 5.11 Å². The molecule has 0 bridgehead atoms. The second kappa shape index (κ2) is 6.65. The number of hydrogen-bond acceptors (Lipinski definition) is 1. The van der Waals surface area contributed by atoms with Crippen molar-refractivity contribution in [2.75, 3.05) is 0 Å². The summed E-state index contributed by atoms with van der Waals surface area (Å²) in [4.78, 5) is 0. The summed E-state index contributed by atoms with van der Waals surface area (Å²) in [7, 11) is 0. The van der Waals surface area contributed by atoms with E-state index in [1.807, 2.05) is 0 Å². The fourth-order valence-electron chi connectivity index (χ4n) is 2.95. The van der Waals surface area contributed by atoms with E-state index in [9.17, 15) is 22.7 Å². The van der Waals surface area contributed by atoms with Crippen LogP contribution < -0.4 is 0 Å². The van der Waals surface area contributed by atoms with Crippen LogP contribution in [0.3, 0.4) is 0 Å². The molecule has 6 heteroatoms. The number of benzene rings is 1. The maximum atomic E-state index is 13.1. The van der Waals surface area contributed by atoms with Crippen LogP contribution in [-0.4, -0.2) is 17.4 Å². The molecule has 1 aliphatic rings. The molecule has 0 radical (unpaired) electrons. The Hall–Kier alpha value is -0.620. The van der Waals surface area contributed by atoms with Crippen molar-refractivity contribution in [3.05, 3.63) is 34.1 Å². The van der Waals surface area contributed by atoms with Crippen LogP contribution in [0.25, 0.3) is 0 Å². The quantitative estimate of drug-likeness (QED) is 0.755. The highest BCUT2D eigenvalue weighted by Crippen LogP contribution is 2.41. The normalized spacial score (nSPS) is 24.9. The van der Waals surface area contributed by atoms with Gasteiger partial charge in [0.05, 0.1) is 16.5 Å². The lowest BCUT2D eigenvalue weighted by Gasteiger charge is -2.33. The molecule has 0 heterocycles. The Morgan fingerprint density at radius 2 is 2.00 bits per heavy atom. The summed E-state index contributed by atoms with van der Waals surface area (Å²) in [6.07, 6.45) is -3.55. The third kappa shape index (κ3) is 4.42. The summed E-state index contributed by atoms with van der Waals surface area (Å²) in [5, 5.41) is 10.2. The van der Waals surface area contributed by atoms with E-state index < -0.39 is 24.0 Å². The molecule has 3 atom stereocenters. The Balaban J connectivity index is 1.99. The predicted octanol–water partition coefficient (Wildman–Crippen LogP) is 4.86. The van der Waals surface area contributed by atoms with Crippen molar-refractivity contribution in [2.24, 2.45) is 11.8 Å². The van der Waals surface area contributed by atoms with E-state index in [2.05, 4.69) is 15.9 Å². The van der Waals surface area contributed by atoms with E-state index in [1.54, 1.807) is 12.1 Å². The highest BCUT2D eigenvalue weighted by Gasteiger charge is 2.43. The lowest BCUT2D eigenvalue weighted by molar-refractivity contribution is -0.188. The fraction of sp³-hybridized carbons (Fsp3) is 0.600. The average Bonchev–Trinajstić information content (AvgIpc) is 2.42. The lowest BCUT2D eigenvalue weighted by Crippen LogP contribution is -2.34. The fourth-order valence-corrected chi connectivity index (χ4v) is 3.38. The van der Waals surface area contributed by atoms with Crippen LogP contribution in [0.1, 0.15) is 31.2 Å². The van der Waals surface area contributed by atoms with E-state index in [0.29, 0.717) is 22.9 Å². The molecule has 1 aliphatic carbocycles. The van der Waals surface area contributed by atoms with Crippen molar-refractivity contribution < 1.29 is 22.7 Å². The Bertz CT molecular complexity index is 489. The topological polar surface area (TPSA) is 20.2 Å². The van der Waals surface area contributed by atoms with Crippen molar-refractivity contribution in [3.63, 3.8) is 0 Å². The molecular formula is C15H17BrF4O. The van der Waals surface area contributed by atoms with Gasteiger partial charge in [0, 0.05) is 0 Å². The highest BCUT2D eigenvalue weighted by atomic mass is 79.9. The van der Waals surface area contributed by atoms with E-state index >= 15 is 0 Å². The largest absolute Gasteiger partial charge is 0.392 e. The molecular weight excluding hydrogens is 352 g/mol. The minimum Gasteiger partial charge on any atom is -0.392 e. The van der Waals surface area contributed by atoms with Gasteiger partial charge in [0.25, 0.3) is 0 Å². The molecule has 0 amide bonds. The summed E-state index contributed by atoms with van der Waals surface area (Å²) in [5.74, 6) is -2.07. The smallest absolute Gasteiger partial charge is 0.391 e. The van der Waals surface area contributed by atoms with Crippen LogP contribution in [0, 0.1) is 17.7 Å². The molecule has 21 heavy (non-hydrogen) atoms. The van der Waals surface area contributed by atoms with Gasteiger partial charge in [-0.2, -0.15) is 13.2 Å². The van der Waals surface area contributed by atoms with E-state index in [-0.39, 0.29) is 25.2 Å². The van der Waals surface area contributed by atoms with Crippen molar-refractivity contribution in [2.45, 2.75) is 44.4 Å². The van der Waals surface area contributed by atoms with Gasteiger partial charge in [-0.3, -0.25) is 0 Å². The molecule has 1 N–H and O–H groups in total. The first-order chi connectivity index (χ1) is 9.77. The number of hydrogen-bond donors (Lipinski definition) is 1. The van der Waals surface area contributed by atoms with Crippen molar-refractivity contribution in [1.82, 2.24) is 0 Å². The maximum Gasteiger partial charge on any atom is 0.391 e. The summed E-state index contributed by atoms with van der Waals surface area (Å²) in [6.45, 7) is 0. The van der Waals surface area contributed by atoms with E-state index in [4.69, 9.17) is 0 Å². The van der Waals surface area contributed by atoms with Crippen molar-refractivity contribution >= 4 is 15.9 Å². The van der Waals surface area contributed by atoms with Crippen LogP contribution >= 0.6 is 15.9 Å². The third-order valence-corrected chi connectivity index (χ3v) is 4.76. The first-order valence-corrected chi connectivity index (χ1v) is 7.75. The zero-order valence-electron chi connectivity index (χ0n) is 11.3. The molecule has 1 fully saturated rings. The second-order valence-corrected chi connectivity index (χ2v) is 6.54. The average molecular weight is 369 g/mol. The number of aliphatic hydroxyl groups is 1. The Morgan fingerprint density at radius 1 is 1.29 bits per heavy atom. The maximum absolute atomic E-state index is 13.1. The molecule has 0 aromatic heterocycles. The van der Waals surface area contributed by atoms with Crippen molar-refractivity contribution in [3.8, 4) is 0 Å². The number of aliphatic hydroxyl groups excluding tert-OH is 1. The summed E-state index contributed by atoms with van der Waals surface area (Å²) in [5.41, 5.74) is 0.713. The standard InChI is InChI=1S/C15H17BrF4O/c16-12-6-9(4-5-13(12)17)7-14(21)10-2-1-3-11(8-10)15(18,19)20/h4-6,10-11,14,21H,1-3,7-8H2. The Kier molecular flexibility index (Phi) is 5.30. The van der Waals surface area contributed by atoms with Crippen LogP contribution in [0.4, 0.5) is 17.6 Å². The SMILES string of the molecule is OC(Cc1ccc(F)c(Br)c1)C1CCCC(C(F)(F)F)C1. The highest BCUT2D eigenvalue weighted by molar-refractivity contribution is 9.10. The van der Waals surface area contributed by atoms with E-state index in [1.165, 1.54) is 6.07 Å². The number of rotatable bonds is 3. The predicted molar refractivity (Wildman–Crippen MR) is 75.3 cm³/mol. The van der Waals surface area contributed by atoms with Crippen molar-refractivity contribution in [1.29, 1.82) is 0 Å². The summed E-state index contributed by atoms with van der Waals surface area (Å²) in [6, 6.07) is 4.39. The van der Waals surface area contributed by atoms with E-state index in [0.717, 1.165) is 0 Å².